The van der Waals surface area contributed by atoms with E-state index < -0.39 is 0 Å². The highest BCUT2D eigenvalue weighted by Gasteiger charge is 2.31. The standard InChI is InChI=1S/C12H17N3OS/c1-2-15(9-5-6-9)11(16)8-17-12-10(13)4-3-7-14-12/h3-4,7,9H,2,5-6,8,13H2,1H3. The number of anilines is 1. The van der Waals surface area contributed by atoms with Gasteiger partial charge in [0.1, 0.15) is 5.03 Å². The average molecular weight is 251 g/mol. The van der Waals surface area contributed by atoms with Crippen LogP contribution < -0.4 is 5.73 Å². The van der Waals surface area contributed by atoms with E-state index in [9.17, 15) is 4.79 Å². The number of nitrogens with zero attached hydrogens (tertiary/aromatic N) is 2. The largest absolute Gasteiger partial charge is 0.397 e. The van der Waals surface area contributed by atoms with Crippen LogP contribution in [0.5, 0.6) is 0 Å². The van der Waals surface area contributed by atoms with E-state index in [0.717, 1.165) is 24.4 Å². The molecule has 92 valence electrons. The maximum atomic E-state index is 12.0. The molecule has 0 bridgehead atoms. The quantitative estimate of drug-likeness (QED) is 0.810. The molecule has 1 aliphatic rings. The van der Waals surface area contributed by atoms with Gasteiger partial charge in [0.05, 0.1) is 11.4 Å². The third-order valence-corrected chi connectivity index (χ3v) is 3.79. The van der Waals surface area contributed by atoms with Gasteiger partial charge in [0.25, 0.3) is 0 Å². The summed E-state index contributed by atoms with van der Waals surface area (Å²) in [5.74, 6) is 0.607. The Morgan fingerprint density at radius 2 is 2.41 bits per heavy atom. The first-order valence-electron chi connectivity index (χ1n) is 5.85. The second-order valence-corrected chi connectivity index (χ2v) is 5.06. The number of thioether (sulfide) groups is 1. The van der Waals surface area contributed by atoms with Crippen molar-refractivity contribution in [2.24, 2.45) is 0 Å². The molecule has 17 heavy (non-hydrogen) atoms. The molecule has 0 radical (unpaired) electrons. The fourth-order valence-corrected chi connectivity index (χ4v) is 2.56. The van der Waals surface area contributed by atoms with Crippen LogP contribution in [0.3, 0.4) is 0 Å². The monoisotopic (exact) mass is 251 g/mol. The number of amides is 1. The molecular formula is C12H17N3OS. The van der Waals surface area contributed by atoms with Gasteiger partial charge in [-0.2, -0.15) is 0 Å². The Morgan fingerprint density at radius 1 is 1.65 bits per heavy atom. The van der Waals surface area contributed by atoms with Gasteiger partial charge in [0.2, 0.25) is 5.91 Å². The molecule has 1 amide bonds. The summed E-state index contributed by atoms with van der Waals surface area (Å²) in [5.41, 5.74) is 6.42. The highest BCUT2D eigenvalue weighted by atomic mass is 32.2. The van der Waals surface area contributed by atoms with E-state index >= 15 is 0 Å². The van der Waals surface area contributed by atoms with E-state index in [1.165, 1.54) is 11.8 Å². The molecule has 1 heterocycles. The molecule has 1 saturated carbocycles. The molecule has 0 unspecified atom stereocenters. The van der Waals surface area contributed by atoms with Gasteiger partial charge < -0.3 is 10.6 Å². The lowest BCUT2D eigenvalue weighted by Crippen LogP contribution is -2.34. The molecule has 0 spiro atoms. The van der Waals surface area contributed by atoms with Crippen LogP contribution in [0.2, 0.25) is 0 Å². The molecule has 2 N–H and O–H groups in total. The molecular weight excluding hydrogens is 234 g/mol. The first-order chi connectivity index (χ1) is 8.22. The highest BCUT2D eigenvalue weighted by Crippen LogP contribution is 2.28. The van der Waals surface area contributed by atoms with Gasteiger partial charge in [-0.05, 0) is 31.9 Å². The van der Waals surface area contributed by atoms with Crippen LogP contribution in [-0.2, 0) is 4.79 Å². The molecule has 1 fully saturated rings. The number of pyridine rings is 1. The van der Waals surface area contributed by atoms with Crippen molar-refractivity contribution in [2.75, 3.05) is 18.0 Å². The van der Waals surface area contributed by atoms with Gasteiger partial charge in [-0.25, -0.2) is 4.98 Å². The van der Waals surface area contributed by atoms with Crippen molar-refractivity contribution < 1.29 is 4.79 Å². The Kier molecular flexibility index (Phi) is 3.89. The lowest BCUT2D eigenvalue weighted by molar-refractivity contribution is -0.128. The van der Waals surface area contributed by atoms with Crippen LogP contribution in [0, 0.1) is 0 Å². The van der Waals surface area contributed by atoms with Crippen LogP contribution in [0.25, 0.3) is 0 Å². The zero-order valence-electron chi connectivity index (χ0n) is 9.93. The van der Waals surface area contributed by atoms with Crippen molar-refractivity contribution in [1.82, 2.24) is 9.88 Å². The van der Waals surface area contributed by atoms with Crippen molar-refractivity contribution in [3.8, 4) is 0 Å². The smallest absolute Gasteiger partial charge is 0.233 e. The molecule has 1 aromatic heterocycles. The van der Waals surface area contributed by atoms with Gasteiger partial charge in [-0.15, -0.1) is 0 Å². The van der Waals surface area contributed by atoms with E-state index in [1.54, 1.807) is 18.3 Å². The lowest BCUT2D eigenvalue weighted by Gasteiger charge is -2.19. The van der Waals surface area contributed by atoms with Gasteiger partial charge >= 0.3 is 0 Å². The van der Waals surface area contributed by atoms with Gasteiger partial charge in [0, 0.05) is 18.8 Å². The zero-order valence-corrected chi connectivity index (χ0v) is 10.7. The van der Waals surface area contributed by atoms with Gasteiger partial charge in [-0.3, -0.25) is 4.79 Å². The first-order valence-corrected chi connectivity index (χ1v) is 6.83. The SMILES string of the molecule is CCN(C(=O)CSc1ncccc1N)C1CC1. The number of rotatable bonds is 5. The van der Waals surface area contributed by atoms with E-state index in [1.807, 2.05) is 11.8 Å². The summed E-state index contributed by atoms with van der Waals surface area (Å²) in [6.45, 7) is 2.82. The number of carbonyl (C=O) groups excluding carboxylic acids is 1. The van der Waals surface area contributed by atoms with Gasteiger partial charge in [0.15, 0.2) is 0 Å². The number of carbonyl (C=O) groups is 1. The Morgan fingerprint density at radius 3 is 3.00 bits per heavy atom. The van der Waals surface area contributed by atoms with E-state index in [-0.39, 0.29) is 5.91 Å². The topological polar surface area (TPSA) is 59.2 Å². The third kappa shape index (κ3) is 3.12. The molecule has 4 nitrogen and oxygen atoms in total. The fourth-order valence-electron chi connectivity index (χ4n) is 1.76. The molecule has 2 rings (SSSR count). The summed E-state index contributed by atoms with van der Waals surface area (Å²) >= 11 is 1.42. The van der Waals surface area contributed by atoms with E-state index in [4.69, 9.17) is 5.73 Å². The highest BCUT2D eigenvalue weighted by molar-refractivity contribution is 8.00. The Hall–Kier alpha value is -1.23. The number of hydrogen-bond acceptors (Lipinski definition) is 4. The van der Waals surface area contributed by atoms with E-state index in [2.05, 4.69) is 4.98 Å². The lowest BCUT2D eigenvalue weighted by atomic mass is 10.4. The van der Waals surface area contributed by atoms with Crippen molar-refractivity contribution in [3.63, 3.8) is 0 Å². The number of aromatic nitrogens is 1. The maximum absolute atomic E-state index is 12.0. The fraction of sp³-hybridized carbons (Fsp3) is 0.500. The number of nitrogens with two attached hydrogens (primary N) is 1. The normalized spacial score (nSPS) is 14.6. The molecule has 0 aromatic carbocycles. The summed E-state index contributed by atoms with van der Waals surface area (Å²) < 4.78 is 0. The van der Waals surface area contributed by atoms with Crippen molar-refractivity contribution in [2.45, 2.75) is 30.8 Å². The molecule has 1 aromatic rings. The van der Waals surface area contributed by atoms with Crippen LogP contribution in [0.15, 0.2) is 23.4 Å². The zero-order chi connectivity index (χ0) is 12.3. The predicted octanol–water partition coefficient (Wildman–Crippen LogP) is 1.77. The second kappa shape index (κ2) is 5.40. The summed E-state index contributed by atoms with van der Waals surface area (Å²) in [7, 11) is 0. The molecule has 5 heteroatoms. The van der Waals surface area contributed by atoms with E-state index in [0.29, 0.717) is 17.5 Å². The number of nitrogen functional groups attached to an aromatic ring is 1. The van der Waals surface area contributed by atoms with Crippen LogP contribution >= 0.6 is 11.8 Å². The van der Waals surface area contributed by atoms with Crippen LogP contribution in [-0.4, -0.2) is 34.1 Å². The van der Waals surface area contributed by atoms with Crippen LogP contribution in [0.4, 0.5) is 5.69 Å². The molecule has 0 atom stereocenters. The summed E-state index contributed by atoms with van der Waals surface area (Å²) in [6.07, 6.45) is 3.99. The third-order valence-electron chi connectivity index (χ3n) is 2.78. The maximum Gasteiger partial charge on any atom is 0.233 e. The second-order valence-electron chi connectivity index (χ2n) is 4.10. The summed E-state index contributed by atoms with van der Waals surface area (Å²) in [4.78, 5) is 18.1. The van der Waals surface area contributed by atoms with Crippen molar-refractivity contribution in [3.05, 3.63) is 18.3 Å². The minimum Gasteiger partial charge on any atom is -0.397 e. The average Bonchev–Trinajstić information content (AvgIpc) is 3.13. The van der Waals surface area contributed by atoms with Crippen molar-refractivity contribution >= 4 is 23.4 Å². The Balaban J connectivity index is 1.89. The predicted molar refractivity (Wildman–Crippen MR) is 69.8 cm³/mol. The van der Waals surface area contributed by atoms with Crippen molar-refractivity contribution in [1.29, 1.82) is 0 Å². The summed E-state index contributed by atoms with van der Waals surface area (Å²) in [5, 5.41) is 0.743. The number of hydrogen-bond donors (Lipinski definition) is 1. The Bertz CT molecular complexity index is 406. The van der Waals surface area contributed by atoms with Gasteiger partial charge in [-0.1, -0.05) is 11.8 Å². The minimum absolute atomic E-state index is 0.185. The van der Waals surface area contributed by atoms with Crippen LogP contribution in [0.1, 0.15) is 19.8 Å². The molecule has 0 saturated heterocycles. The first kappa shape index (κ1) is 12.2. The summed E-state index contributed by atoms with van der Waals surface area (Å²) in [6, 6.07) is 4.08. The minimum atomic E-state index is 0.185. The molecule has 0 aliphatic heterocycles. The Labute approximate surface area is 106 Å². The molecule has 1 aliphatic carbocycles.